The summed E-state index contributed by atoms with van der Waals surface area (Å²) in [7, 11) is -0.209. The minimum atomic E-state index is -3.45. The van der Waals surface area contributed by atoms with Crippen molar-refractivity contribution in [3.63, 3.8) is 0 Å². The van der Waals surface area contributed by atoms with Crippen molar-refractivity contribution in [2.45, 2.75) is 44.8 Å². The molecule has 1 aromatic heterocycles. The standard InChI is InChI=1S/C28H42N4O4S/c1-21-15-24(21)18-32(13-14-35-3)28-17-22(16-27(30-28)31(2)37(4,33)34)19-36-20-26-25(11-8-12-29-26)23-9-6-5-7-10-23/h5-7,9-10,16-17,21,24-26,29H,8,11-15,18-20H2,1-4H3/t21-,24+,25?,26?/m1/s1. The second-order valence-electron chi connectivity index (χ2n) is 10.6. The molecule has 0 radical (unpaired) electrons. The lowest BCUT2D eigenvalue weighted by atomic mass is 9.85. The fourth-order valence-electron chi connectivity index (χ4n) is 5.10. The van der Waals surface area contributed by atoms with Gasteiger partial charge in [-0.1, -0.05) is 37.3 Å². The highest BCUT2D eigenvalue weighted by Gasteiger charge is 2.34. The van der Waals surface area contributed by atoms with Crippen LogP contribution in [-0.4, -0.2) is 72.7 Å². The number of nitrogens with one attached hydrogen (secondary N) is 1. The van der Waals surface area contributed by atoms with Crippen molar-refractivity contribution in [3.8, 4) is 0 Å². The lowest BCUT2D eigenvalue weighted by Crippen LogP contribution is -2.43. The highest BCUT2D eigenvalue weighted by Crippen LogP contribution is 2.39. The van der Waals surface area contributed by atoms with E-state index < -0.39 is 10.0 Å². The molecule has 8 nitrogen and oxygen atoms in total. The number of piperidine rings is 1. The van der Waals surface area contributed by atoms with Crippen LogP contribution in [0.5, 0.6) is 0 Å². The first kappa shape index (κ1) is 27.8. The Kier molecular flexibility index (Phi) is 9.45. The van der Waals surface area contributed by atoms with Crippen LogP contribution in [0.3, 0.4) is 0 Å². The molecule has 1 N–H and O–H groups in total. The van der Waals surface area contributed by atoms with Gasteiger partial charge in [0.1, 0.15) is 11.6 Å². The number of ether oxygens (including phenoxy) is 2. The Morgan fingerprint density at radius 3 is 2.57 bits per heavy atom. The maximum Gasteiger partial charge on any atom is 0.233 e. The lowest BCUT2D eigenvalue weighted by molar-refractivity contribution is 0.0842. The van der Waals surface area contributed by atoms with Crippen molar-refractivity contribution < 1.29 is 17.9 Å². The maximum atomic E-state index is 12.3. The van der Waals surface area contributed by atoms with Gasteiger partial charge in [0, 0.05) is 39.2 Å². The molecule has 37 heavy (non-hydrogen) atoms. The normalized spacial score (nSPS) is 23.6. The minimum absolute atomic E-state index is 0.241. The molecule has 4 atom stereocenters. The molecular weight excluding hydrogens is 488 g/mol. The molecule has 4 rings (SSSR count). The molecule has 2 aliphatic rings. The molecule has 0 bridgehead atoms. The van der Waals surface area contributed by atoms with Gasteiger partial charge in [-0.05, 0) is 60.9 Å². The fourth-order valence-corrected chi connectivity index (χ4v) is 5.53. The van der Waals surface area contributed by atoms with Gasteiger partial charge in [-0.15, -0.1) is 0 Å². The first-order chi connectivity index (χ1) is 17.8. The molecule has 2 fully saturated rings. The summed E-state index contributed by atoms with van der Waals surface area (Å²) < 4.78 is 37.5. The second-order valence-corrected chi connectivity index (χ2v) is 12.6. The summed E-state index contributed by atoms with van der Waals surface area (Å²) in [4.78, 5) is 6.97. The zero-order valence-corrected chi connectivity index (χ0v) is 23.4. The Morgan fingerprint density at radius 2 is 1.89 bits per heavy atom. The molecule has 0 spiro atoms. The molecule has 2 heterocycles. The van der Waals surface area contributed by atoms with Crippen LogP contribution < -0.4 is 14.5 Å². The average Bonchev–Trinajstić information content (AvgIpc) is 3.60. The smallest absolute Gasteiger partial charge is 0.233 e. The van der Waals surface area contributed by atoms with E-state index in [1.165, 1.54) is 22.5 Å². The Hall–Kier alpha value is -2.20. The van der Waals surface area contributed by atoms with Crippen molar-refractivity contribution >= 4 is 21.7 Å². The predicted molar refractivity (Wildman–Crippen MR) is 149 cm³/mol. The molecule has 1 aromatic carbocycles. The molecule has 2 unspecified atom stereocenters. The van der Waals surface area contributed by atoms with Crippen LogP contribution >= 0.6 is 0 Å². The zero-order valence-electron chi connectivity index (χ0n) is 22.6. The molecular formula is C28H42N4O4S. The van der Waals surface area contributed by atoms with E-state index in [1.54, 1.807) is 14.2 Å². The monoisotopic (exact) mass is 530 g/mol. The lowest BCUT2D eigenvalue weighted by Gasteiger charge is -2.33. The summed E-state index contributed by atoms with van der Waals surface area (Å²) >= 11 is 0. The number of methoxy groups -OCH3 is 1. The molecule has 2 aromatic rings. The van der Waals surface area contributed by atoms with E-state index in [9.17, 15) is 8.42 Å². The van der Waals surface area contributed by atoms with Gasteiger partial charge >= 0.3 is 0 Å². The zero-order chi connectivity index (χ0) is 26.4. The van der Waals surface area contributed by atoms with E-state index in [2.05, 4.69) is 47.5 Å². The van der Waals surface area contributed by atoms with Crippen molar-refractivity contribution in [2.24, 2.45) is 11.8 Å². The van der Waals surface area contributed by atoms with Crippen LogP contribution in [-0.2, 0) is 26.1 Å². The molecule has 1 aliphatic heterocycles. The largest absolute Gasteiger partial charge is 0.383 e. The van der Waals surface area contributed by atoms with Gasteiger partial charge < -0.3 is 19.7 Å². The molecule has 1 saturated heterocycles. The number of rotatable bonds is 13. The number of nitrogens with zero attached hydrogens (tertiary/aromatic N) is 3. The molecule has 204 valence electrons. The summed E-state index contributed by atoms with van der Waals surface area (Å²) in [6.45, 7) is 6.39. The summed E-state index contributed by atoms with van der Waals surface area (Å²) in [5.41, 5.74) is 2.25. The third kappa shape index (κ3) is 7.66. The summed E-state index contributed by atoms with van der Waals surface area (Å²) in [5.74, 6) is 2.92. The van der Waals surface area contributed by atoms with Crippen LogP contribution in [0, 0.1) is 11.8 Å². The van der Waals surface area contributed by atoms with Gasteiger partial charge in [-0.3, -0.25) is 4.31 Å². The maximum absolute atomic E-state index is 12.3. The Bertz CT molecular complexity index is 1110. The number of pyridine rings is 1. The van der Waals surface area contributed by atoms with Gasteiger partial charge in [0.05, 0.1) is 26.1 Å². The van der Waals surface area contributed by atoms with Gasteiger partial charge in [0.25, 0.3) is 0 Å². The highest BCUT2D eigenvalue weighted by molar-refractivity contribution is 7.92. The van der Waals surface area contributed by atoms with Crippen molar-refractivity contribution in [3.05, 3.63) is 53.6 Å². The molecule has 1 saturated carbocycles. The van der Waals surface area contributed by atoms with Crippen LogP contribution in [0.15, 0.2) is 42.5 Å². The molecule has 1 aliphatic carbocycles. The number of benzene rings is 1. The van der Waals surface area contributed by atoms with Crippen LogP contribution in [0.4, 0.5) is 11.6 Å². The van der Waals surface area contributed by atoms with E-state index in [0.717, 1.165) is 37.3 Å². The number of anilines is 2. The van der Waals surface area contributed by atoms with Crippen LogP contribution in [0.25, 0.3) is 0 Å². The Balaban J connectivity index is 1.51. The number of aromatic nitrogens is 1. The van der Waals surface area contributed by atoms with E-state index >= 15 is 0 Å². The summed E-state index contributed by atoms with van der Waals surface area (Å²) in [6, 6.07) is 14.7. The van der Waals surface area contributed by atoms with Crippen molar-refractivity contribution in [1.82, 2.24) is 10.3 Å². The van der Waals surface area contributed by atoms with Crippen LogP contribution in [0.1, 0.15) is 43.2 Å². The van der Waals surface area contributed by atoms with E-state index in [1.807, 2.05) is 12.1 Å². The third-order valence-corrected chi connectivity index (χ3v) is 8.86. The van der Waals surface area contributed by atoms with Crippen LogP contribution in [0.2, 0.25) is 0 Å². The molecule has 0 amide bonds. The fraction of sp³-hybridized carbons (Fsp3) is 0.607. The van der Waals surface area contributed by atoms with E-state index in [-0.39, 0.29) is 6.04 Å². The Morgan fingerprint density at radius 1 is 1.16 bits per heavy atom. The van der Waals surface area contributed by atoms with Gasteiger partial charge in [-0.25, -0.2) is 13.4 Å². The third-order valence-electron chi connectivity index (χ3n) is 7.68. The average molecular weight is 531 g/mol. The number of hydrogen-bond donors (Lipinski definition) is 1. The van der Waals surface area contributed by atoms with Gasteiger partial charge in [-0.2, -0.15) is 0 Å². The van der Waals surface area contributed by atoms with Crippen molar-refractivity contribution in [1.29, 1.82) is 0 Å². The summed E-state index contributed by atoms with van der Waals surface area (Å²) in [6.07, 6.45) is 4.70. The van der Waals surface area contributed by atoms with E-state index in [0.29, 0.717) is 49.9 Å². The first-order valence-electron chi connectivity index (χ1n) is 13.3. The first-order valence-corrected chi connectivity index (χ1v) is 15.2. The van der Waals surface area contributed by atoms with Crippen molar-refractivity contribution in [2.75, 3.05) is 62.5 Å². The number of sulfonamides is 1. The van der Waals surface area contributed by atoms with Gasteiger partial charge in [0.2, 0.25) is 10.0 Å². The molecule has 9 heteroatoms. The van der Waals surface area contributed by atoms with Gasteiger partial charge in [0.15, 0.2) is 0 Å². The van der Waals surface area contributed by atoms with E-state index in [4.69, 9.17) is 14.5 Å². The topological polar surface area (TPSA) is 84.0 Å². The number of hydrogen-bond acceptors (Lipinski definition) is 7. The predicted octanol–water partition coefficient (Wildman–Crippen LogP) is 3.64. The SMILES string of the molecule is COCCN(C[C@@H]1C[C@H]1C)c1cc(COCC2NCCCC2c2ccccc2)cc(N(C)S(C)(=O)=O)n1. The summed E-state index contributed by atoms with van der Waals surface area (Å²) in [5, 5.41) is 3.64. The quantitative estimate of drug-likeness (QED) is 0.423. The second kappa shape index (κ2) is 12.6. The Labute approximate surface area is 222 Å². The minimum Gasteiger partial charge on any atom is -0.383 e. The highest BCUT2D eigenvalue weighted by atomic mass is 32.2.